The van der Waals surface area contributed by atoms with Gasteiger partial charge in [-0.15, -0.1) is 0 Å². The SMILES string of the molecule is C1=CC=CCCC=C1.C1=CCCC=CCC1.[Ru+2]. The summed E-state index contributed by atoms with van der Waals surface area (Å²) in [7, 11) is 0. The predicted octanol–water partition coefficient (Wildman–Crippen LogP) is 5.12. The first kappa shape index (κ1) is 16.3. The molecule has 1 heteroatoms. The summed E-state index contributed by atoms with van der Waals surface area (Å²) in [6.07, 6.45) is 29.0. The molecule has 0 aliphatic heterocycles. The normalized spacial score (nSPS) is 17.9. The summed E-state index contributed by atoms with van der Waals surface area (Å²) in [5, 5.41) is 0. The molecule has 17 heavy (non-hydrogen) atoms. The van der Waals surface area contributed by atoms with E-state index in [9.17, 15) is 0 Å². The van der Waals surface area contributed by atoms with Gasteiger partial charge in [0.15, 0.2) is 0 Å². The Morgan fingerprint density at radius 3 is 1.00 bits per heavy atom. The van der Waals surface area contributed by atoms with E-state index in [0.29, 0.717) is 0 Å². The molecule has 92 valence electrons. The Labute approximate surface area is 119 Å². The van der Waals surface area contributed by atoms with Crippen LogP contribution >= 0.6 is 0 Å². The van der Waals surface area contributed by atoms with Crippen LogP contribution in [0, 0.1) is 0 Å². The number of hydrogen-bond acceptors (Lipinski definition) is 0. The molecule has 0 nitrogen and oxygen atoms in total. The second kappa shape index (κ2) is 13.4. The van der Waals surface area contributed by atoms with Crippen molar-refractivity contribution in [1.82, 2.24) is 0 Å². The molecule has 0 saturated carbocycles. The van der Waals surface area contributed by atoms with Crippen molar-refractivity contribution in [1.29, 1.82) is 0 Å². The summed E-state index contributed by atoms with van der Waals surface area (Å²) in [5.74, 6) is 0. The molecule has 0 fully saturated rings. The molecule has 0 aromatic heterocycles. The van der Waals surface area contributed by atoms with E-state index in [-0.39, 0.29) is 19.5 Å². The van der Waals surface area contributed by atoms with Gasteiger partial charge in [0.05, 0.1) is 0 Å². The molecule has 0 atom stereocenters. The first-order chi connectivity index (χ1) is 8.00. The minimum absolute atomic E-state index is 0. The second-order valence-corrected chi connectivity index (χ2v) is 3.92. The summed E-state index contributed by atoms with van der Waals surface area (Å²) < 4.78 is 0. The van der Waals surface area contributed by atoms with Gasteiger partial charge in [-0.1, -0.05) is 60.8 Å². The maximum Gasteiger partial charge on any atom is 2.00 e. The van der Waals surface area contributed by atoms with E-state index in [1.54, 1.807) is 0 Å². The van der Waals surface area contributed by atoms with Gasteiger partial charge in [0.25, 0.3) is 0 Å². The number of hydrogen-bond donors (Lipinski definition) is 0. The Morgan fingerprint density at radius 1 is 0.353 bits per heavy atom. The van der Waals surface area contributed by atoms with E-state index in [2.05, 4.69) is 60.8 Å². The van der Waals surface area contributed by atoms with Crippen molar-refractivity contribution in [2.45, 2.75) is 38.5 Å². The van der Waals surface area contributed by atoms with Gasteiger partial charge in [-0.25, -0.2) is 0 Å². The largest absolute Gasteiger partial charge is 2.00 e. The summed E-state index contributed by atoms with van der Waals surface area (Å²) in [4.78, 5) is 0. The number of rotatable bonds is 0. The molecule has 0 saturated heterocycles. The van der Waals surface area contributed by atoms with E-state index in [4.69, 9.17) is 0 Å². The average molecular weight is 315 g/mol. The quantitative estimate of drug-likeness (QED) is 0.430. The fourth-order valence-corrected chi connectivity index (χ4v) is 1.53. The minimum atomic E-state index is 0. The first-order valence-electron chi connectivity index (χ1n) is 6.28. The van der Waals surface area contributed by atoms with Crippen LogP contribution in [0.15, 0.2) is 60.8 Å². The van der Waals surface area contributed by atoms with E-state index >= 15 is 0 Å². The van der Waals surface area contributed by atoms with Gasteiger partial charge < -0.3 is 0 Å². The van der Waals surface area contributed by atoms with Gasteiger partial charge in [0, 0.05) is 0 Å². The van der Waals surface area contributed by atoms with Gasteiger partial charge in [-0.2, -0.15) is 0 Å². The Kier molecular flexibility index (Phi) is 12.9. The maximum atomic E-state index is 2.27. The third-order valence-electron chi connectivity index (χ3n) is 2.44. The summed E-state index contributed by atoms with van der Waals surface area (Å²) in [6.45, 7) is 0. The van der Waals surface area contributed by atoms with Crippen molar-refractivity contribution in [2.24, 2.45) is 0 Å². The van der Waals surface area contributed by atoms with Crippen LogP contribution in [0.4, 0.5) is 0 Å². The molecule has 2 aliphatic rings. The van der Waals surface area contributed by atoms with Crippen LogP contribution in [-0.2, 0) is 19.5 Å². The van der Waals surface area contributed by atoms with E-state index in [0.717, 1.165) is 0 Å². The van der Waals surface area contributed by atoms with Crippen LogP contribution < -0.4 is 0 Å². The van der Waals surface area contributed by atoms with Gasteiger partial charge in [0.2, 0.25) is 0 Å². The van der Waals surface area contributed by atoms with Crippen molar-refractivity contribution in [2.75, 3.05) is 0 Å². The van der Waals surface area contributed by atoms with Crippen LogP contribution in [0.25, 0.3) is 0 Å². The standard InChI is InChI=1S/C8H12.C8H10.Ru/c2*1-2-4-6-8-7-5-3-1;/h1-2,7-8H,3-6H2;1-6H,7-8H2;/q;;+2. The molecule has 2 aliphatic carbocycles. The molecule has 0 N–H and O–H groups in total. The van der Waals surface area contributed by atoms with Crippen molar-refractivity contribution in [3.63, 3.8) is 0 Å². The second-order valence-electron chi connectivity index (χ2n) is 3.92. The van der Waals surface area contributed by atoms with Crippen LogP contribution in [0.3, 0.4) is 0 Å². The fourth-order valence-electron chi connectivity index (χ4n) is 1.53. The van der Waals surface area contributed by atoms with Crippen LogP contribution in [0.5, 0.6) is 0 Å². The molecule has 0 heterocycles. The molecule has 0 aromatic rings. The molecule has 0 spiro atoms. The van der Waals surface area contributed by atoms with Crippen LogP contribution in [0.2, 0.25) is 0 Å². The van der Waals surface area contributed by atoms with Crippen molar-refractivity contribution < 1.29 is 19.5 Å². The van der Waals surface area contributed by atoms with Crippen molar-refractivity contribution in [3.05, 3.63) is 60.8 Å². The molecular weight excluding hydrogens is 293 g/mol. The first-order valence-corrected chi connectivity index (χ1v) is 6.28. The Morgan fingerprint density at radius 2 is 0.647 bits per heavy atom. The van der Waals surface area contributed by atoms with Gasteiger partial charge >= 0.3 is 19.5 Å². The van der Waals surface area contributed by atoms with Gasteiger partial charge in [-0.05, 0) is 38.5 Å². The summed E-state index contributed by atoms with van der Waals surface area (Å²) in [6, 6.07) is 0. The molecule has 2 rings (SSSR count). The third-order valence-corrected chi connectivity index (χ3v) is 2.44. The third kappa shape index (κ3) is 11.6. The Balaban J connectivity index is 0.000000284. The Hall–Kier alpha value is -0.677. The van der Waals surface area contributed by atoms with Crippen molar-refractivity contribution in [3.8, 4) is 0 Å². The maximum absolute atomic E-state index is 2.27. The summed E-state index contributed by atoms with van der Waals surface area (Å²) >= 11 is 0. The zero-order chi connectivity index (χ0) is 11.3. The zero-order valence-corrected chi connectivity index (χ0v) is 12.1. The van der Waals surface area contributed by atoms with Crippen LogP contribution in [0.1, 0.15) is 38.5 Å². The van der Waals surface area contributed by atoms with Crippen molar-refractivity contribution >= 4 is 0 Å². The molecule has 0 bridgehead atoms. The zero-order valence-electron chi connectivity index (χ0n) is 10.4. The number of allylic oxidation sites excluding steroid dienone is 10. The topological polar surface area (TPSA) is 0 Å². The van der Waals surface area contributed by atoms with Gasteiger partial charge in [-0.3, -0.25) is 0 Å². The average Bonchev–Trinajstić information content (AvgIpc) is 2.15. The van der Waals surface area contributed by atoms with E-state index < -0.39 is 0 Å². The molecule has 0 amide bonds. The van der Waals surface area contributed by atoms with E-state index in [1.165, 1.54) is 38.5 Å². The molecule has 0 aromatic carbocycles. The molecule has 0 radical (unpaired) electrons. The minimum Gasteiger partial charge on any atom is -0.0882 e. The van der Waals surface area contributed by atoms with E-state index in [1.807, 2.05) is 0 Å². The monoisotopic (exact) mass is 316 g/mol. The molecular formula is C16H22Ru+2. The van der Waals surface area contributed by atoms with Crippen LogP contribution in [-0.4, -0.2) is 0 Å². The Bertz CT molecular complexity index is 251. The van der Waals surface area contributed by atoms with Gasteiger partial charge in [0.1, 0.15) is 0 Å². The fraction of sp³-hybridized carbons (Fsp3) is 0.375. The predicted molar refractivity (Wildman–Crippen MR) is 73.4 cm³/mol. The smallest absolute Gasteiger partial charge is 0.0882 e. The summed E-state index contributed by atoms with van der Waals surface area (Å²) in [5.41, 5.74) is 0. The molecule has 0 unspecified atom stereocenters.